The van der Waals surface area contributed by atoms with Crippen molar-refractivity contribution in [2.24, 2.45) is 0 Å². The van der Waals surface area contributed by atoms with Crippen LogP contribution in [0.15, 0.2) is 77.5 Å². The zero-order valence-corrected chi connectivity index (χ0v) is 14.4. The molecule has 7 nitrogen and oxygen atoms in total. The highest BCUT2D eigenvalue weighted by Crippen LogP contribution is 2.17. The molecule has 1 amide bonds. The normalized spacial score (nSPS) is 10.7. The van der Waals surface area contributed by atoms with E-state index in [1.807, 2.05) is 60.8 Å². The summed E-state index contributed by atoms with van der Waals surface area (Å²) in [6.07, 6.45) is 3.57. The molecule has 2 heterocycles. The Kier molecular flexibility index (Phi) is 4.74. The summed E-state index contributed by atoms with van der Waals surface area (Å²) in [5, 5.41) is 15.0. The maximum Gasteiger partial charge on any atom is 0.252 e. The maximum absolute atomic E-state index is 12.6. The third kappa shape index (κ3) is 3.92. The highest BCUT2D eigenvalue weighted by Gasteiger charge is 2.13. The van der Waals surface area contributed by atoms with Crippen LogP contribution in [0.2, 0.25) is 0 Å². The van der Waals surface area contributed by atoms with Crippen LogP contribution in [0.5, 0.6) is 0 Å². The molecule has 0 spiro atoms. The Hall–Kier alpha value is -3.74. The topological polar surface area (TPSA) is 85.8 Å². The summed E-state index contributed by atoms with van der Waals surface area (Å²) in [5.74, 6) is 0.586. The molecule has 0 atom stereocenters. The van der Waals surface area contributed by atoms with Gasteiger partial charge in [0.05, 0.1) is 13.1 Å². The number of amides is 1. The molecule has 0 fully saturated rings. The largest absolute Gasteiger partial charge is 0.419 e. The van der Waals surface area contributed by atoms with E-state index in [1.165, 1.54) is 0 Å². The van der Waals surface area contributed by atoms with E-state index in [0.717, 1.165) is 11.1 Å². The van der Waals surface area contributed by atoms with Crippen molar-refractivity contribution in [3.63, 3.8) is 0 Å². The number of hydrogen-bond acceptors (Lipinski definition) is 5. The first kappa shape index (κ1) is 16.7. The summed E-state index contributed by atoms with van der Waals surface area (Å²) in [4.78, 5) is 12.6. The predicted octanol–water partition coefficient (Wildman–Crippen LogP) is 2.91. The Bertz CT molecular complexity index is 1030. The number of nitrogens with zero attached hydrogens (tertiary/aromatic N) is 4. The van der Waals surface area contributed by atoms with Gasteiger partial charge in [-0.1, -0.05) is 36.4 Å². The molecule has 0 aliphatic rings. The van der Waals surface area contributed by atoms with Gasteiger partial charge < -0.3 is 9.73 Å². The average Bonchev–Trinajstić information content (AvgIpc) is 3.39. The second-order valence-corrected chi connectivity index (χ2v) is 5.91. The second kappa shape index (κ2) is 7.65. The molecule has 0 saturated carbocycles. The van der Waals surface area contributed by atoms with Gasteiger partial charge >= 0.3 is 0 Å². The van der Waals surface area contributed by atoms with Crippen molar-refractivity contribution in [3.05, 3.63) is 90.1 Å². The standard InChI is InChI=1S/C20H17N5O2/c26-19(17-10-5-4-9-16(17)14-25-12-6-11-22-25)21-13-18-23-24-20(27-18)15-7-2-1-3-8-15/h1-12H,13-14H2,(H,21,26). The van der Waals surface area contributed by atoms with Crippen LogP contribution in [0, 0.1) is 0 Å². The van der Waals surface area contributed by atoms with Gasteiger partial charge in [-0.2, -0.15) is 5.10 Å². The monoisotopic (exact) mass is 359 g/mol. The number of carbonyl (C=O) groups excluding carboxylic acids is 1. The van der Waals surface area contributed by atoms with Gasteiger partial charge in [0.1, 0.15) is 0 Å². The van der Waals surface area contributed by atoms with Gasteiger partial charge in [0, 0.05) is 23.5 Å². The van der Waals surface area contributed by atoms with Crippen molar-refractivity contribution in [1.29, 1.82) is 0 Å². The first-order valence-electron chi connectivity index (χ1n) is 8.51. The van der Waals surface area contributed by atoms with Crippen LogP contribution in [-0.4, -0.2) is 25.9 Å². The second-order valence-electron chi connectivity index (χ2n) is 5.91. The molecular formula is C20H17N5O2. The number of rotatable bonds is 6. The van der Waals surface area contributed by atoms with Gasteiger partial charge in [0.15, 0.2) is 0 Å². The van der Waals surface area contributed by atoms with E-state index in [-0.39, 0.29) is 12.5 Å². The molecule has 2 aromatic heterocycles. The summed E-state index contributed by atoms with van der Waals surface area (Å²) in [5.41, 5.74) is 2.32. The highest BCUT2D eigenvalue weighted by atomic mass is 16.4. The number of hydrogen-bond donors (Lipinski definition) is 1. The lowest BCUT2D eigenvalue weighted by Crippen LogP contribution is -2.24. The minimum Gasteiger partial charge on any atom is -0.419 e. The fourth-order valence-electron chi connectivity index (χ4n) is 2.72. The predicted molar refractivity (Wildman–Crippen MR) is 98.7 cm³/mol. The molecule has 0 bridgehead atoms. The minimum atomic E-state index is -0.197. The van der Waals surface area contributed by atoms with Crippen molar-refractivity contribution in [2.45, 2.75) is 13.1 Å². The molecule has 7 heteroatoms. The van der Waals surface area contributed by atoms with E-state index in [9.17, 15) is 4.79 Å². The highest BCUT2D eigenvalue weighted by molar-refractivity contribution is 5.95. The van der Waals surface area contributed by atoms with Crippen LogP contribution in [0.1, 0.15) is 21.8 Å². The van der Waals surface area contributed by atoms with Gasteiger partial charge in [0.25, 0.3) is 5.91 Å². The molecular weight excluding hydrogens is 342 g/mol. The number of benzene rings is 2. The van der Waals surface area contributed by atoms with Gasteiger partial charge in [-0.25, -0.2) is 0 Å². The molecule has 4 rings (SSSR count). The fraction of sp³-hybridized carbons (Fsp3) is 0.100. The molecule has 2 aromatic carbocycles. The molecule has 0 radical (unpaired) electrons. The minimum absolute atomic E-state index is 0.161. The van der Waals surface area contributed by atoms with E-state index in [1.54, 1.807) is 16.9 Å². The molecule has 0 aliphatic carbocycles. The molecule has 134 valence electrons. The first-order valence-corrected chi connectivity index (χ1v) is 8.51. The van der Waals surface area contributed by atoms with Crippen molar-refractivity contribution in [1.82, 2.24) is 25.3 Å². The van der Waals surface area contributed by atoms with Crippen LogP contribution in [0.4, 0.5) is 0 Å². The lowest BCUT2D eigenvalue weighted by molar-refractivity contribution is 0.0946. The van der Waals surface area contributed by atoms with Crippen molar-refractivity contribution in [2.75, 3.05) is 0 Å². The number of nitrogens with one attached hydrogen (secondary N) is 1. The lowest BCUT2D eigenvalue weighted by Gasteiger charge is -2.09. The van der Waals surface area contributed by atoms with E-state index >= 15 is 0 Å². The molecule has 1 N–H and O–H groups in total. The Labute approximate surface area is 155 Å². The molecule has 27 heavy (non-hydrogen) atoms. The summed E-state index contributed by atoms with van der Waals surface area (Å²) in [7, 11) is 0. The van der Waals surface area contributed by atoms with Gasteiger partial charge in [-0.15, -0.1) is 10.2 Å². The van der Waals surface area contributed by atoms with Crippen molar-refractivity contribution in [3.8, 4) is 11.5 Å². The zero-order chi connectivity index (χ0) is 18.5. The molecule has 0 saturated heterocycles. The van der Waals surface area contributed by atoms with E-state index in [0.29, 0.717) is 23.9 Å². The van der Waals surface area contributed by atoms with Crippen LogP contribution in [0.3, 0.4) is 0 Å². The van der Waals surface area contributed by atoms with Crippen LogP contribution in [0.25, 0.3) is 11.5 Å². The van der Waals surface area contributed by atoms with E-state index < -0.39 is 0 Å². The summed E-state index contributed by atoms with van der Waals surface area (Å²) in [6, 6.07) is 18.8. The molecule has 0 aliphatic heterocycles. The van der Waals surface area contributed by atoms with Crippen LogP contribution >= 0.6 is 0 Å². The van der Waals surface area contributed by atoms with Gasteiger partial charge in [0.2, 0.25) is 11.8 Å². The third-order valence-electron chi connectivity index (χ3n) is 4.04. The average molecular weight is 359 g/mol. The Morgan fingerprint density at radius 2 is 1.81 bits per heavy atom. The third-order valence-corrected chi connectivity index (χ3v) is 4.04. The number of carbonyl (C=O) groups is 1. The zero-order valence-electron chi connectivity index (χ0n) is 14.4. The molecule has 4 aromatic rings. The van der Waals surface area contributed by atoms with Crippen molar-refractivity contribution < 1.29 is 9.21 Å². The Balaban J connectivity index is 1.44. The fourth-order valence-corrected chi connectivity index (χ4v) is 2.72. The Morgan fingerprint density at radius 3 is 2.63 bits per heavy atom. The lowest BCUT2D eigenvalue weighted by atomic mass is 10.1. The smallest absolute Gasteiger partial charge is 0.252 e. The van der Waals surface area contributed by atoms with Crippen LogP contribution in [-0.2, 0) is 13.1 Å². The summed E-state index contributed by atoms with van der Waals surface area (Å²) < 4.78 is 7.39. The van der Waals surface area contributed by atoms with Gasteiger partial charge in [-0.3, -0.25) is 9.48 Å². The van der Waals surface area contributed by atoms with Gasteiger partial charge in [-0.05, 0) is 29.8 Å². The summed E-state index contributed by atoms with van der Waals surface area (Å²) in [6.45, 7) is 0.685. The summed E-state index contributed by atoms with van der Waals surface area (Å²) >= 11 is 0. The van der Waals surface area contributed by atoms with Crippen molar-refractivity contribution >= 4 is 5.91 Å². The number of aromatic nitrogens is 4. The maximum atomic E-state index is 12.6. The van der Waals surface area contributed by atoms with Crippen LogP contribution < -0.4 is 5.32 Å². The first-order chi connectivity index (χ1) is 13.3. The van der Waals surface area contributed by atoms with E-state index in [4.69, 9.17) is 4.42 Å². The Morgan fingerprint density at radius 1 is 1.00 bits per heavy atom. The quantitative estimate of drug-likeness (QED) is 0.572. The SMILES string of the molecule is O=C(NCc1nnc(-c2ccccc2)o1)c1ccccc1Cn1cccn1. The molecule has 0 unspecified atom stereocenters. The van der Waals surface area contributed by atoms with E-state index in [2.05, 4.69) is 20.6 Å².